The molecule has 5 heteroatoms. The zero-order valence-electron chi connectivity index (χ0n) is 36.8. The molecular weight excluding hydrogens is 806 g/mol. The molecule has 0 heterocycles. The van der Waals surface area contributed by atoms with Gasteiger partial charge in [-0.1, -0.05) is 190 Å². The van der Waals surface area contributed by atoms with Gasteiger partial charge >= 0.3 is 16.5 Å². The molecule has 4 aliphatic carbocycles. The van der Waals surface area contributed by atoms with Crippen LogP contribution in [0.1, 0.15) is 106 Å². The molecule has 318 valence electrons. The summed E-state index contributed by atoms with van der Waals surface area (Å²) >= 11 is 0. The fourth-order valence-corrected chi connectivity index (χ4v) is 13.4. The molecule has 6 aromatic carbocycles. The van der Waals surface area contributed by atoms with Gasteiger partial charge in [0.25, 0.3) is 0 Å². The number of hydrogen-bond acceptors (Lipinski definition) is 2. The van der Waals surface area contributed by atoms with E-state index in [9.17, 15) is 5.11 Å². The summed E-state index contributed by atoms with van der Waals surface area (Å²) in [7, 11) is -0.446. The maximum absolute atomic E-state index is 14.1. The zero-order chi connectivity index (χ0) is 41.6. The number of para-hydroxylation sites is 1. The van der Waals surface area contributed by atoms with Gasteiger partial charge in [0.1, 0.15) is 0 Å². The Morgan fingerprint density at radius 2 is 1.07 bits per heavy atom. The van der Waals surface area contributed by atoms with E-state index >= 15 is 0 Å². The van der Waals surface area contributed by atoms with Gasteiger partial charge < -0.3 is 15.3 Å². The van der Waals surface area contributed by atoms with E-state index in [1.165, 1.54) is 82.4 Å². The predicted octanol–water partition coefficient (Wildman–Crippen LogP) is 12.9. The van der Waals surface area contributed by atoms with E-state index in [4.69, 9.17) is 5.32 Å². The van der Waals surface area contributed by atoms with Crippen molar-refractivity contribution in [2.45, 2.75) is 96.9 Å². The van der Waals surface area contributed by atoms with Gasteiger partial charge in [0.15, 0.2) is 0 Å². The molecule has 0 unspecified atom stereocenters. The maximum atomic E-state index is 14.1. The Balaban J connectivity index is 0.000000234. The summed E-state index contributed by atoms with van der Waals surface area (Å²) in [5.74, 6) is 3.52. The Kier molecular flexibility index (Phi) is 14.8. The van der Waals surface area contributed by atoms with E-state index in [1.54, 1.807) is 0 Å². The predicted molar refractivity (Wildman–Crippen MR) is 256 cm³/mol. The van der Waals surface area contributed by atoms with Gasteiger partial charge in [0, 0.05) is 18.8 Å². The van der Waals surface area contributed by atoms with Crippen LogP contribution in [0.4, 0.5) is 11.4 Å². The molecule has 4 bridgehead atoms. The first-order valence-corrected chi connectivity index (χ1v) is 23.9. The number of aryl methyl sites for hydroxylation is 1. The number of anilines is 1. The molecule has 3 nitrogen and oxygen atoms in total. The third-order valence-corrected chi connectivity index (χ3v) is 15.8. The molecule has 0 saturated heterocycles. The minimum atomic E-state index is -0.446. The standard InChI is InChI=1S/C38H49N2O.C18H15P.Ni/c1-25(2)32-12-9-13-33(26(3)4)36(32)40(24-28-10-7-6-8-11-28)15-14-39-35-17-27(5)16-34(37(35)41)38-21-29-18-30(22-38)20-31(19-29)23-38;1-4-10-16(11-5-1)19(17-12-6-2-7-13-17)18-14-8-3-9-15-18;/h6-13,16-17,25-26,29-31,41H,14-15,18-24H2,1-5H3;1-15H;/q-1;;+2/p-1. The van der Waals surface area contributed by atoms with Crippen molar-refractivity contribution < 1.29 is 21.6 Å². The summed E-state index contributed by atoms with van der Waals surface area (Å²) in [5.41, 5.74) is 8.46. The fraction of sp³-hybridized carbons (Fsp3) is 0.357. The van der Waals surface area contributed by atoms with E-state index in [2.05, 4.69) is 185 Å². The Bertz CT molecular complexity index is 2140. The minimum absolute atomic E-state index is 0. The van der Waals surface area contributed by atoms with E-state index in [0.717, 1.165) is 36.4 Å². The summed E-state index contributed by atoms with van der Waals surface area (Å²) in [6, 6.07) is 54.1. The first kappa shape index (κ1) is 44.7. The molecule has 4 fully saturated rings. The molecule has 10 rings (SSSR count). The van der Waals surface area contributed by atoms with Gasteiger partial charge in [-0.05, 0) is 121 Å². The first-order chi connectivity index (χ1) is 29.2. The average Bonchev–Trinajstić information content (AvgIpc) is 3.25. The summed E-state index contributed by atoms with van der Waals surface area (Å²) in [6.45, 7) is 13.5. The number of rotatable bonds is 13. The molecule has 4 aliphatic rings. The molecule has 6 aromatic rings. The van der Waals surface area contributed by atoms with Crippen molar-refractivity contribution in [3.63, 3.8) is 0 Å². The molecule has 0 N–H and O–H groups in total. The summed E-state index contributed by atoms with van der Waals surface area (Å²) in [5, 5.41) is 23.3. The Morgan fingerprint density at radius 1 is 0.623 bits per heavy atom. The third-order valence-electron chi connectivity index (χ3n) is 13.4. The van der Waals surface area contributed by atoms with Crippen LogP contribution in [0.2, 0.25) is 0 Å². The van der Waals surface area contributed by atoms with Crippen molar-refractivity contribution in [3.8, 4) is 5.75 Å². The van der Waals surface area contributed by atoms with Crippen molar-refractivity contribution in [1.82, 2.24) is 0 Å². The van der Waals surface area contributed by atoms with Crippen LogP contribution >= 0.6 is 7.92 Å². The summed E-state index contributed by atoms with van der Waals surface area (Å²) in [4.78, 5) is 2.52. The monoisotopic (exact) mass is 868 g/mol. The molecule has 0 amide bonds. The van der Waals surface area contributed by atoms with Crippen LogP contribution in [0.5, 0.6) is 5.75 Å². The molecule has 0 radical (unpaired) electrons. The van der Waals surface area contributed by atoms with Crippen molar-refractivity contribution in [3.05, 3.63) is 185 Å². The van der Waals surface area contributed by atoms with Gasteiger partial charge in [-0.2, -0.15) is 0 Å². The van der Waals surface area contributed by atoms with Crippen molar-refractivity contribution in [1.29, 1.82) is 0 Å². The average molecular weight is 870 g/mol. The van der Waals surface area contributed by atoms with Gasteiger partial charge in [-0.25, -0.2) is 0 Å². The van der Waals surface area contributed by atoms with Crippen LogP contribution in [0, 0.1) is 24.7 Å². The van der Waals surface area contributed by atoms with E-state index in [0.29, 0.717) is 24.1 Å². The van der Waals surface area contributed by atoms with Crippen LogP contribution in [0.15, 0.2) is 152 Å². The second-order valence-corrected chi connectivity index (χ2v) is 20.8. The van der Waals surface area contributed by atoms with Gasteiger partial charge in [0.2, 0.25) is 0 Å². The van der Waals surface area contributed by atoms with Crippen LogP contribution in [-0.4, -0.2) is 13.1 Å². The third kappa shape index (κ3) is 10.3. The molecule has 0 atom stereocenters. The second-order valence-electron chi connectivity index (χ2n) is 18.6. The van der Waals surface area contributed by atoms with Crippen LogP contribution in [0.25, 0.3) is 5.32 Å². The topological polar surface area (TPSA) is 40.4 Å². The first-order valence-electron chi connectivity index (χ1n) is 22.5. The van der Waals surface area contributed by atoms with Crippen molar-refractivity contribution in [2.24, 2.45) is 17.8 Å². The van der Waals surface area contributed by atoms with Crippen molar-refractivity contribution >= 4 is 35.2 Å². The van der Waals surface area contributed by atoms with Crippen LogP contribution < -0.4 is 25.9 Å². The molecule has 61 heavy (non-hydrogen) atoms. The largest absolute Gasteiger partial charge is 2.00 e. The minimum Gasteiger partial charge on any atom is -0.873 e. The van der Waals surface area contributed by atoms with Gasteiger partial charge in [-0.15, -0.1) is 18.0 Å². The number of benzene rings is 6. The molecular formula is C56H63N2NiOP. The molecule has 0 spiro atoms. The van der Waals surface area contributed by atoms with Gasteiger partial charge in [0.05, 0.1) is 0 Å². The van der Waals surface area contributed by atoms with Crippen LogP contribution in [-0.2, 0) is 28.5 Å². The fourth-order valence-electron chi connectivity index (χ4n) is 11.1. The molecule has 0 aromatic heterocycles. The molecule has 4 saturated carbocycles. The SMILES string of the molecule is Cc1cc([N-]CCN(Cc2ccccc2)c2c(C(C)C)cccc2C(C)C)c([O-])c(C23CC4CC(CC(C4)C2)C3)c1.[Ni+2].c1ccc(P(c2ccccc2)c2ccccc2)cc1. The van der Waals surface area contributed by atoms with Gasteiger partial charge in [-0.3, -0.25) is 0 Å². The van der Waals surface area contributed by atoms with E-state index in [-0.39, 0.29) is 27.7 Å². The quantitative estimate of drug-likeness (QED) is 0.0857. The van der Waals surface area contributed by atoms with E-state index in [1.807, 2.05) is 6.07 Å². The van der Waals surface area contributed by atoms with Crippen molar-refractivity contribution in [2.75, 3.05) is 18.0 Å². The zero-order valence-corrected chi connectivity index (χ0v) is 38.6. The maximum Gasteiger partial charge on any atom is 2.00 e. The number of hydrogen-bond donors (Lipinski definition) is 0. The Hall–Kier alpha value is -4.36. The summed E-state index contributed by atoms with van der Waals surface area (Å²) < 4.78 is 0. The smallest absolute Gasteiger partial charge is 0.873 e. The second kappa shape index (κ2) is 20.2. The Labute approximate surface area is 378 Å². The van der Waals surface area contributed by atoms with E-state index < -0.39 is 7.92 Å². The normalized spacial score (nSPS) is 20.0. The number of nitrogens with zero attached hydrogens (tertiary/aromatic N) is 2. The molecule has 0 aliphatic heterocycles. The van der Waals surface area contributed by atoms with Crippen LogP contribution in [0.3, 0.4) is 0 Å². The summed E-state index contributed by atoms with van der Waals surface area (Å²) in [6.07, 6.45) is 7.82. The Morgan fingerprint density at radius 3 is 1.51 bits per heavy atom.